The summed E-state index contributed by atoms with van der Waals surface area (Å²) < 4.78 is 1.86. The first-order valence-corrected chi connectivity index (χ1v) is 12.0. The second-order valence-electron chi connectivity index (χ2n) is 9.35. The number of likely N-dealkylation sites (tertiary alicyclic amines) is 1. The zero-order chi connectivity index (χ0) is 21.5. The zero-order valence-electron chi connectivity index (χ0n) is 18.1. The van der Waals surface area contributed by atoms with Gasteiger partial charge >= 0.3 is 0 Å². The van der Waals surface area contributed by atoms with Gasteiger partial charge in [-0.15, -0.1) is 11.6 Å². The Labute approximate surface area is 188 Å². The molecule has 31 heavy (non-hydrogen) atoms. The summed E-state index contributed by atoms with van der Waals surface area (Å²) in [4.78, 5) is 22.6. The highest BCUT2D eigenvalue weighted by Gasteiger charge is 2.36. The van der Waals surface area contributed by atoms with E-state index in [2.05, 4.69) is 23.2 Å². The number of alkyl halides is 1. The standard InChI is InChI=1S/C22H32ClN7O/c1-14-12-30-20(26-21(14)28-7-5-17(24)13-28)9-18(27-30)19-4-2-3-6-29(19)22(31)15-8-16(23)11-25-10-15/h9,12,15-17,19,25H,2-8,10-11,13,24H2,1H3/t15?,16?,17?,19-/m0/s1. The number of anilines is 1. The van der Waals surface area contributed by atoms with Crippen LogP contribution in [0.4, 0.5) is 5.82 Å². The van der Waals surface area contributed by atoms with E-state index in [9.17, 15) is 4.79 Å². The SMILES string of the molecule is Cc1cn2nc([C@@H]3CCCCN3C(=O)C3CNCC(Cl)C3)cc2nc1N1CCC(N)C1. The van der Waals surface area contributed by atoms with E-state index in [4.69, 9.17) is 27.4 Å². The number of carbonyl (C=O) groups excluding carboxylic acids is 1. The van der Waals surface area contributed by atoms with E-state index < -0.39 is 0 Å². The first kappa shape index (κ1) is 21.0. The molecule has 2 aromatic rings. The molecular formula is C22H32ClN7O. The number of nitrogens with two attached hydrogens (primary N) is 1. The third-order valence-electron chi connectivity index (χ3n) is 6.92. The summed E-state index contributed by atoms with van der Waals surface area (Å²) in [7, 11) is 0. The summed E-state index contributed by atoms with van der Waals surface area (Å²) in [5.41, 5.74) is 8.96. The van der Waals surface area contributed by atoms with Gasteiger partial charge in [0, 0.05) is 62.0 Å². The fraction of sp³-hybridized carbons (Fsp3) is 0.682. The predicted octanol–water partition coefficient (Wildman–Crippen LogP) is 1.85. The van der Waals surface area contributed by atoms with Gasteiger partial charge in [0.25, 0.3) is 0 Å². The number of nitrogens with zero attached hydrogens (tertiary/aromatic N) is 5. The molecule has 1 amide bonds. The first-order valence-electron chi connectivity index (χ1n) is 11.5. The van der Waals surface area contributed by atoms with E-state index in [0.29, 0.717) is 6.54 Å². The third-order valence-corrected chi connectivity index (χ3v) is 7.25. The molecule has 0 aliphatic carbocycles. The van der Waals surface area contributed by atoms with Crippen molar-refractivity contribution in [3.63, 3.8) is 0 Å². The molecule has 2 aromatic heterocycles. The number of halogens is 1. The minimum absolute atomic E-state index is 0.00242. The summed E-state index contributed by atoms with van der Waals surface area (Å²) in [6.45, 7) is 6.11. The highest BCUT2D eigenvalue weighted by Crippen LogP contribution is 2.33. The minimum atomic E-state index is -0.0553. The lowest BCUT2D eigenvalue weighted by atomic mass is 9.93. The third kappa shape index (κ3) is 4.13. The number of aromatic nitrogens is 3. The van der Waals surface area contributed by atoms with E-state index in [0.717, 1.165) is 81.0 Å². The zero-order valence-corrected chi connectivity index (χ0v) is 18.9. The van der Waals surface area contributed by atoms with Crippen LogP contribution in [-0.4, -0.2) is 69.5 Å². The molecule has 3 N–H and O–H groups in total. The van der Waals surface area contributed by atoms with Crippen LogP contribution in [0.5, 0.6) is 0 Å². The molecule has 168 valence electrons. The van der Waals surface area contributed by atoms with Gasteiger partial charge < -0.3 is 20.9 Å². The Kier molecular flexibility index (Phi) is 5.79. The molecule has 3 fully saturated rings. The maximum absolute atomic E-state index is 13.4. The number of amides is 1. The Balaban J connectivity index is 1.42. The summed E-state index contributed by atoms with van der Waals surface area (Å²) in [5, 5.41) is 8.17. The second-order valence-corrected chi connectivity index (χ2v) is 9.96. The lowest BCUT2D eigenvalue weighted by Crippen LogP contribution is -2.48. The number of fused-ring (bicyclic) bond motifs is 1. The molecule has 5 heterocycles. The molecule has 0 saturated carbocycles. The molecule has 0 spiro atoms. The molecule has 4 atom stereocenters. The monoisotopic (exact) mass is 445 g/mol. The summed E-state index contributed by atoms with van der Waals surface area (Å²) in [5.74, 6) is 1.14. The van der Waals surface area contributed by atoms with Crippen molar-refractivity contribution >= 4 is 29.0 Å². The number of carbonyl (C=O) groups is 1. The van der Waals surface area contributed by atoms with Crippen LogP contribution >= 0.6 is 11.6 Å². The highest BCUT2D eigenvalue weighted by atomic mass is 35.5. The topological polar surface area (TPSA) is 91.8 Å². The lowest BCUT2D eigenvalue weighted by molar-refractivity contribution is -0.140. The molecule has 0 aromatic carbocycles. The van der Waals surface area contributed by atoms with Crippen molar-refractivity contribution < 1.29 is 4.79 Å². The largest absolute Gasteiger partial charge is 0.355 e. The van der Waals surface area contributed by atoms with Gasteiger partial charge in [-0.1, -0.05) is 0 Å². The Morgan fingerprint density at radius 3 is 2.90 bits per heavy atom. The summed E-state index contributed by atoms with van der Waals surface area (Å²) >= 11 is 6.32. The van der Waals surface area contributed by atoms with Gasteiger partial charge in [-0.05, 0) is 39.0 Å². The normalized spacial score (nSPS) is 29.6. The Morgan fingerprint density at radius 1 is 1.26 bits per heavy atom. The number of piperidine rings is 2. The van der Waals surface area contributed by atoms with Gasteiger partial charge in [0.15, 0.2) is 5.65 Å². The van der Waals surface area contributed by atoms with Gasteiger partial charge in [-0.2, -0.15) is 5.10 Å². The lowest BCUT2D eigenvalue weighted by Gasteiger charge is -2.38. The van der Waals surface area contributed by atoms with Crippen LogP contribution in [-0.2, 0) is 4.79 Å². The molecule has 3 aliphatic heterocycles. The molecular weight excluding hydrogens is 414 g/mol. The van der Waals surface area contributed by atoms with Crippen molar-refractivity contribution in [1.29, 1.82) is 0 Å². The van der Waals surface area contributed by atoms with E-state index in [1.165, 1.54) is 0 Å². The quantitative estimate of drug-likeness (QED) is 0.700. The predicted molar refractivity (Wildman–Crippen MR) is 121 cm³/mol. The molecule has 5 rings (SSSR count). The Morgan fingerprint density at radius 2 is 2.13 bits per heavy atom. The average molecular weight is 446 g/mol. The smallest absolute Gasteiger partial charge is 0.227 e. The van der Waals surface area contributed by atoms with Crippen molar-refractivity contribution in [2.24, 2.45) is 11.7 Å². The van der Waals surface area contributed by atoms with Gasteiger partial charge in [0.2, 0.25) is 5.91 Å². The number of nitrogens with one attached hydrogen (secondary N) is 1. The van der Waals surface area contributed by atoms with Gasteiger partial charge in [-0.25, -0.2) is 9.50 Å². The van der Waals surface area contributed by atoms with Crippen LogP contribution in [0.15, 0.2) is 12.3 Å². The van der Waals surface area contributed by atoms with Crippen molar-refractivity contribution in [1.82, 2.24) is 24.8 Å². The molecule has 3 unspecified atom stereocenters. The van der Waals surface area contributed by atoms with Crippen LogP contribution in [0.1, 0.15) is 49.4 Å². The van der Waals surface area contributed by atoms with Crippen molar-refractivity contribution in [3.8, 4) is 0 Å². The Bertz CT molecular complexity index is 963. The van der Waals surface area contributed by atoms with E-state index in [1.807, 2.05) is 15.6 Å². The number of hydrogen-bond acceptors (Lipinski definition) is 6. The Hall–Kier alpha value is -1.90. The van der Waals surface area contributed by atoms with Crippen LogP contribution < -0.4 is 16.0 Å². The molecule has 0 bridgehead atoms. The van der Waals surface area contributed by atoms with Crippen LogP contribution in [0.2, 0.25) is 0 Å². The average Bonchev–Trinajstić information content (AvgIpc) is 3.38. The molecule has 9 heteroatoms. The van der Waals surface area contributed by atoms with Crippen molar-refractivity contribution in [2.75, 3.05) is 37.6 Å². The minimum Gasteiger partial charge on any atom is -0.355 e. The summed E-state index contributed by atoms with van der Waals surface area (Å²) in [6.07, 6.45) is 6.86. The molecule has 3 aliphatic rings. The fourth-order valence-corrected chi connectivity index (χ4v) is 5.62. The van der Waals surface area contributed by atoms with Crippen LogP contribution in [0.3, 0.4) is 0 Å². The number of rotatable bonds is 3. The summed E-state index contributed by atoms with van der Waals surface area (Å²) in [6, 6.07) is 2.27. The van der Waals surface area contributed by atoms with E-state index in [-0.39, 0.29) is 29.3 Å². The number of hydrogen-bond donors (Lipinski definition) is 2. The second kappa shape index (κ2) is 8.56. The van der Waals surface area contributed by atoms with Crippen LogP contribution in [0.25, 0.3) is 5.65 Å². The van der Waals surface area contributed by atoms with Crippen LogP contribution in [0, 0.1) is 12.8 Å². The molecule has 3 saturated heterocycles. The molecule has 0 radical (unpaired) electrons. The van der Waals surface area contributed by atoms with Gasteiger partial charge in [0.05, 0.1) is 17.7 Å². The molecule has 8 nitrogen and oxygen atoms in total. The highest BCUT2D eigenvalue weighted by molar-refractivity contribution is 6.21. The fourth-order valence-electron chi connectivity index (χ4n) is 5.30. The number of aryl methyl sites for hydroxylation is 1. The van der Waals surface area contributed by atoms with E-state index >= 15 is 0 Å². The van der Waals surface area contributed by atoms with Gasteiger partial charge in [-0.3, -0.25) is 4.79 Å². The maximum Gasteiger partial charge on any atom is 0.227 e. The maximum atomic E-state index is 13.4. The van der Waals surface area contributed by atoms with E-state index in [1.54, 1.807) is 0 Å². The van der Waals surface area contributed by atoms with Crippen molar-refractivity contribution in [2.45, 2.75) is 56.5 Å². The first-order chi connectivity index (χ1) is 15.0. The van der Waals surface area contributed by atoms with Crippen molar-refractivity contribution in [3.05, 3.63) is 23.5 Å². The van der Waals surface area contributed by atoms with Gasteiger partial charge in [0.1, 0.15) is 5.82 Å².